The molecule has 0 unspecified atom stereocenters. The molecule has 1 nitrogen and oxygen atoms in total. The van der Waals surface area contributed by atoms with Gasteiger partial charge in [-0.15, -0.1) is 0 Å². The van der Waals surface area contributed by atoms with Crippen LogP contribution >= 0.6 is 0 Å². The molecule has 0 fully saturated rings. The number of rotatable bonds is 1. The van der Waals surface area contributed by atoms with E-state index < -0.39 is 0 Å². The molecule has 1 aliphatic carbocycles. The molecule has 0 aliphatic heterocycles. The largest absolute Gasteiger partial charge is 0.355 e. The second-order valence-electron chi connectivity index (χ2n) is 11.5. The minimum Gasteiger partial charge on any atom is -0.355 e. The van der Waals surface area contributed by atoms with Crippen LogP contribution in [0.5, 0.6) is 0 Å². The zero-order valence-corrected chi connectivity index (χ0v) is 22.5. The van der Waals surface area contributed by atoms with E-state index in [9.17, 15) is 0 Å². The lowest BCUT2D eigenvalue weighted by Gasteiger charge is -2.20. The highest BCUT2D eigenvalue weighted by molar-refractivity contribution is 6.25. The monoisotopic (exact) mass is 499 g/mol. The average Bonchev–Trinajstić information content (AvgIpc) is 3.42. The average molecular weight is 500 g/mol. The molecular formula is C38H29N. The number of benzene rings is 6. The fourth-order valence-corrected chi connectivity index (χ4v) is 6.95. The molecule has 0 amide bonds. The summed E-state index contributed by atoms with van der Waals surface area (Å²) >= 11 is 0. The molecule has 0 saturated carbocycles. The number of hydrogen-bond acceptors (Lipinski definition) is 0. The predicted octanol–water partition coefficient (Wildman–Crippen LogP) is 10.7. The van der Waals surface area contributed by atoms with E-state index >= 15 is 0 Å². The number of H-pyrrole nitrogens is 1. The minimum atomic E-state index is -0.0636. The molecule has 186 valence electrons. The van der Waals surface area contributed by atoms with Crippen LogP contribution < -0.4 is 0 Å². The molecule has 0 atom stereocenters. The predicted molar refractivity (Wildman–Crippen MR) is 170 cm³/mol. The summed E-state index contributed by atoms with van der Waals surface area (Å²) < 4.78 is 0. The first kappa shape index (κ1) is 22.4. The summed E-state index contributed by atoms with van der Waals surface area (Å²) in [6, 6.07) is 36.1. The van der Waals surface area contributed by atoms with Crippen molar-refractivity contribution in [1.29, 1.82) is 0 Å². The highest BCUT2D eigenvalue weighted by atomic mass is 14.7. The van der Waals surface area contributed by atoms with Crippen molar-refractivity contribution < 1.29 is 0 Å². The normalized spacial score (nSPS) is 15.9. The second kappa shape index (κ2) is 7.71. The van der Waals surface area contributed by atoms with Gasteiger partial charge in [0.05, 0.1) is 0 Å². The van der Waals surface area contributed by atoms with Gasteiger partial charge in [-0.2, -0.15) is 0 Å². The minimum absolute atomic E-state index is 0.0636. The second-order valence-corrected chi connectivity index (χ2v) is 11.5. The van der Waals surface area contributed by atoms with Gasteiger partial charge in [0.15, 0.2) is 0 Å². The van der Waals surface area contributed by atoms with Gasteiger partial charge in [0.2, 0.25) is 0 Å². The van der Waals surface area contributed by atoms with Crippen molar-refractivity contribution >= 4 is 59.7 Å². The van der Waals surface area contributed by atoms with Crippen LogP contribution in [0.4, 0.5) is 0 Å². The number of fused-ring (bicyclic) bond motifs is 10. The van der Waals surface area contributed by atoms with E-state index in [0.717, 1.165) is 0 Å². The van der Waals surface area contributed by atoms with Crippen LogP contribution in [0.3, 0.4) is 0 Å². The maximum atomic E-state index is 4.45. The lowest BCUT2D eigenvalue weighted by molar-refractivity contribution is 0.664. The Balaban J connectivity index is 1.37. The topological polar surface area (TPSA) is 15.8 Å². The lowest BCUT2D eigenvalue weighted by Crippen LogP contribution is -2.14. The first-order valence-electron chi connectivity index (χ1n) is 13.8. The summed E-state index contributed by atoms with van der Waals surface area (Å²) in [5, 5.41) is 10.4. The molecule has 8 rings (SSSR count). The Morgan fingerprint density at radius 2 is 1.13 bits per heavy atom. The highest BCUT2D eigenvalue weighted by Crippen LogP contribution is 2.50. The first-order valence-corrected chi connectivity index (χ1v) is 13.8. The molecule has 1 N–H and O–H groups in total. The fourth-order valence-electron chi connectivity index (χ4n) is 6.95. The van der Waals surface area contributed by atoms with Crippen molar-refractivity contribution in [3.05, 3.63) is 126 Å². The number of allylic oxidation sites excluding steroid dienone is 3. The van der Waals surface area contributed by atoms with Gasteiger partial charge >= 0.3 is 0 Å². The van der Waals surface area contributed by atoms with E-state index in [1.165, 1.54) is 87.5 Å². The van der Waals surface area contributed by atoms with E-state index in [4.69, 9.17) is 0 Å². The third-order valence-electron chi connectivity index (χ3n) is 9.15. The molecule has 7 aromatic rings. The van der Waals surface area contributed by atoms with E-state index in [1.54, 1.807) is 0 Å². The van der Waals surface area contributed by atoms with Crippen LogP contribution in [0.1, 0.15) is 31.9 Å². The van der Waals surface area contributed by atoms with Crippen LogP contribution in [-0.4, -0.2) is 4.98 Å². The smallest absolute Gasteiger partial charge is 0.0468 e. The van der Waals surface area contributed by atoms with Crippen molar-refractivity contribution in [3.8, 4) is 11.1 Å². The molecular weight excluding hydrogens is 470 g/mol. The quantitative estimate of drug-likeness (QED) is 0.216. The van der Waals surface area contributed by atoms with Crippen molar-refractivity contribution in [2.45, 2.75) is 26.2 Å². The fraction of sp³-hybridized carbons (Fsp3) is 0.105. The Kier molecular flexibility index (Phi) is 4.42. The zero-order chi connectivity index (χ0) is 26.5. The van der Waals surface area contributed by atoms with Gasteiger partial charge in [-0.05, 0) is 103 Å². The summed E-state index contributed by atoms with van der Waals surface area (Å²) in [7, 11) is 0. The molecule has 39 heavy (non-hydrogen) atoms. The first-order chi connectivity index (χ1) is 19.0. The van der Waals surface area contributed by atoms with Crippen molar-refractivity contribution in [2.24, 2.45) is 0 Å². The van der Waals surface area contributed by atoms with Crippen LogP contribution in [0, 0.1) is 0 Å². The summed E-state index contributed by atoms with van der Waals surface area (Å²) in [6.07, 6.45) is 2.21. The molecule has 1 aliphatic rings. The number of aromatic nitrogens is 1. The van der Waals surface area contributed by atoms with E-state index in [-0.39, 0.29) is 5.41 Å². The van der Waals surface area contributed by atoms with Gasteiger partial charge in [-0.1, -0.05) is 93.2 Å². The number of aromatic amines is 1. The Hall–Kier alpha value is -4.62. The molecule has 1 heterocycles. The molecule has 1 heteroatoms. The Labute approximate surface area is 228 Å². The van der Waals surface area contributed by atoms with Crippen LogP contribution in [0.2, 0.25) is 0 Å². The molecule has 0 saturated heterocycles. The highest BCUT2D eigenvalue weighted by Gasteiger charge is 2.37. The van der Waals surface area contributed by atoms with Gasteiger partial charge in [-0.25, -0.2) is 0 Å². The van der Waals surface area contributed by atoms with Gasteiger partial charge < -0.3 is 4.98 Å². The standard InChI is InChI=1S/C38H29N/c1-5-25-22(2)38(3,4)35-21-37-34(20-32(25)35)33-19-24(15-17-36(33)39-37)23-14-16-30-28-12-7-6-10-26(28)27-11-8-9-13-29(27)31(30)18-23/h5-21,39H,2H2,1,3-4H3. The third kappa shape index (κ3) is 2.96. The molecule has 1 aromatic heterocycles. The molecule has 6 aromatic carbocycles. The Morgan fingerprint density at radius 3 is 1.77 bits per heavy atom. The molecule has 0 spiro atoms. The van der Waals surface area contributed by atoms with Crippen LogP contribution in [-0.2, 0) is 5.41 Å². The SMILES string of the molecule is C=C1C(=CC)c2cc3c(cc2C1(C)C)[nH]c1ccc(-c2ccc4c5ccccc5c5ccccc5c4c2)cc13. The van der Waals surface area contributed by atoms with Gasteiger partial charge in [0.25, 0.3) is 0 Å². The van der Waals surface area contributed by atoms with Crippen molar-refractivity contribution in [2.75, 3.05) is 0 Å². The maximum Gasteiger partial charge on any atom is 0.0468 e. The zero-order valence-electron chi connectivity index (χ0n) is 22.5. The summed E-state index contributed by atoms with van der Waals surface area (Å²) in [5.41, 5.74) is 9.92. The Morgan fingerprint density at radius 1 is 0.590 bits per heavy atom. The summed E-state index contributed by atoms with van der Waals surface area (Å²) in [6.45, 7) is 11.1. The van der Waals surface area contributed by atoms with E-state index in [0.29, 0.717) is 0 Å². The maximum absolute atomic E-state index is 4.45. The van der Waals surface area contributed by atoms with E-state index in [2.05, 4.69) is 135 Å². The Bertz CT molecular complexity index is 2180. The molecule has 0 bridgehead atoms. The third-order valence-corrected chi connectivity index (χ3v) is 9.15. The summed E-state index contributed by atoms with van der Waals surface area (Å²) in [5.74, 6) is 0. The van der Waals surface area contributed by atoms with Gasteiger partial charge in [-0.3, -0.25) is 0 Å². The number of nitrogens with one attached hydrogen (secondary N) is 1. The number of hydrogen-bond donors (Lipinski definition) is 1. The molecule has 0 radical (unpaired) electrons. The summed E-state index contributed by atoms with van der Waals surface area (Å²) in [4.78, 5) is 3.70. The van der Waals surface area contributed by atoms with Crippen molar-refractivity contribution in [1.82, 2.24) is 4.98 Å². The van der Waals surface area contributed by atoms with E-state index in [1.807, 2.05) is 0 Å². The van der Waals surface area contributed by atoms with Crippen LogP contribution in [0.25, 0.3) is 70.8 Å². The van der Waals surface area contributed by atoms with Crippen molar-refractivity contribution in [3.63, 3.8) is 0 Å². The van der Waals surface area contributed by atoms with Crippen LogP contribution in [0.15, 0.2) is 115 Å². The van der Waals surface area contributed by atoms with Gasteiger partial charge in [0.1, 0.15) is 0 Å². The lowest BCUT2D eigenvalue weighted by atomic mass is 9.83. The van der Waals surface area contributed by atoms with Gasteiger partial charge in [0, 0.05) is 27.2 Å².